The first kappa shape index (κ1) is 27.4. The second-order valence-corrected chi connectivity index (χ2v) is 11.7. The van der Waals surface area contributed by atoms with E-state index in [0.29, 0.717) is 16.9 Å². The quantitative estimate of drug-likeness (QED) is 0.182. The predicted molar refractivity (Wildman–Crippen MR) is 196 cm³/mol. The molecule has 6 aromatic carbocycles. The molecule has 0 aliphatic heterocycles. The van der Waals surface area contributed by atoms with Gasteiger partial charge in [-0.1, -0.05) is 103 Å². The van der Waals surface area contributed by atoms with Crippen LogP contribution >= 0.6 is 0 Å². The van der Waals surface area contributed by atoms with Crippen molar-refractivity contribution in [1.29, 1.82) is 0 Å². The Morgan fingerprint density at radius 1 is 0.438 bits per heavy atom. The minimum atomic E-state index is 0.477. The first-order valence-corrected chi connectivity index (χ1v) is 15.7. The SMILES string of the molecule is [C-]#[N+]c1cccc(-n2c3ccccc3c3ccccc32)c1-c1cccc(-c2cnccc2-n2c3ccccc3c3ccccc32)c1[N+]#[C-]. The number of pyridine rings is 1. The zero-order valence-electron chi connectivity index (χ0n) is 25.7. The molecule has 9 rings (SSSR count). The van der Waals surface area contributed by atoms with E-state index in [2.05, 4.69) is 115 Å². The molecule has 0 fully saturated rings. The van der Waals surface area contributed by atoms with E-state index in [9.17, 15) is 0 Å². The van der Waals surface area contributed by atoms with E-state index < -0.39 is 0 Å². The summed E-state index contributed by atoms with van der Waals surface area (Å²) < 4.78 is 4.49. The maximum absolute atomic E-state index is 8.58. The fourth-order valence-electron chi connectivity index (χ4n) is 7.32. The molecule has 0 saturated carbocycles. The number of para-hydroxylation sites is 5. The summed E-state index contributed by atoms with van der Waals surface area (Å²) in [4.78, 5) is 12.8. The lowest BCUT2D eigenvalue weighted by Crippen LogP contribution is -1.99. The lowest BCUT2D eigenvalue weighted by atomic mass is 9.94. The lowest BCUT2D eigenvalue weighted by molar-refractivity contribution is 1.16. The highest BCUT2D eigenvalue weighted by Gasteiger charge is 2.23. The third-order valence-electron chi connectivity index (χ3n) is 9.29. The van der Waals surface area contributed by atoms with Crippen LogP contribution in [0.1, 0.15) is 0 Å². The minimum Gasteiger partial charge on any atom is -0.310 e. The van der Waals surface area contributed by atoms with Crippen molar-refractivity contribution in [2.24, 2.45) is 0 Å². The van der Waals surface area contributed by atoms with Gasteiger partial charge in [0.2, 0.25) is 5.69 Å². The monoisotopic (exact) mass is 611 g/mol. The van der Waals surface area contributed by atoms with Crippen LogP contribution in [-0.4, -0.2) is 14.1 Å². The lowest BCUT2D eigenvalue weighted by Gasteiger charge is -2.19. The van der Waals surface area contributed by atoms with E-state index in [4.69, 9.17) is 13.1 Å². The minimum absolute atomic E-state index is 0.477. The standard InChI is InChI=1S/C43H25N5/c1-44-35-19-12-24-41(48-38-22-9-5-15-30(38)31-16-6-10-23-39(31)48)42(35)33-18-11-17-32(43(33)45-2)34-27-46-26-25-40(34)47-36-20-7-3-13-28(36)29-14-4-8-21-37(29)47/h3-27H. The van der Waals surface area contributed by atoms with Gasteiger partial charge in [0.1, 0.15) is 0 Å². The third kappa shape index (κ3) is 3.92. The van der Waals surface area contributed by atoms with Crippen LogP contribution < -0.4 is 0 Å². The molecule has 0 unspecified atom stereocenters. The largest absolute Gasteiger partial charge is 0.310 e. The topological polar surface area (TPSA) is 31.5 Å². The Labute approximate surface area is 276 Å². The first-order valence-electron chi connectivity index (χ1n) is 15.7. The van der Waals surface area contributed by atoms with Crippen molar-refractivity contribution >= 4 is 55.0 Å². The summed E-state index contributed by atoms with van der Waals surface area (Å²) in [5, 5.41) is 4.60. The number of hydrogen-bond donors (Lipinski definition) is 0. The molecule has 0 bridgehead atoms. The number of nitrogens with zero attached hydrogens (tertiary/aromatic N) is 5. The van der Waals surface area contributed by atoms with Gasteiger partial charge in [-0.05, 0) is 47.5 Å². The fourth-order valence-corrected chi connectivity index (χ4v) is 7.32. The molecule has 5 nitrogen and oxygen atoms in total. The Morgan fingerprint density at radius 3 is 1.48 bits per heavy atom. The Kier molecular flexibility index (Phi) is 6.18. The number of rotatable bonds is 4. The van der Waals surface area contributed by atoms with Crippen LogP contribution in [0.25, 0.3) is 86.9 Å². The van der Waals surface area contributed by atoms with Crippen LogP contribution in [0.4, 0.5) is 11.4 Å². The van der Waals surface area contributed by atoms with E-state index in [1.165, 1.54) is 0 Å². The molecule has 222 valence electrons. The molecule has 0 amide bonds. The third-order valence-corrected chi connectivity index (χ3v) is 9.29. The van der Waals surface area contributed by atoms with E-state index in [-0.39, 0.29) is 0 Å². The van der Waals surface area contributed by atoms with Gasteiger partial charge in [-0.3, -0.25) is 4.98 Å². The molecule has 48 heavy (non-hydrogen) atoms. The van der Waals surface area contributed by atoms with Crippen molar-refractivity contribution in [3.8, 4) is 33.6 Å². The van der Waals surface area contributed by atoms with Gasteiger partial charge in [0.05, 0.1) is 40.9 Å². The van der Waals surface area contributed by atoms with Gasteiger partial charge >= 0.3 is 0 Å². The first-order chi connectivity index (χ1) is 23.8. The van der Waals surface area contributed by atoms with Gasteiger partial charge in [-0.25, -0.2) is 9.69 Å². The zero-order chi connectivity index (χ0) is 32.2. The summed E-state index contributed by atoms with van der Waals surface area (Å²) in [6, 6.07) is 47.3. The number of aromatic nitrogens is 3. The molecule has 0 aliphatic carbocycles. The van der Waals surface area contributed by atoms with Gasteiger partial charge in [0.15, 0.2) is 5.69 Å². The summed E-state index contributed by atoms with van der Waals surface area (Å²) >= 11 is 0. The number of benzene rings is 6. The zero-order valence-corrected chi connectivity index (χ0v) is 25.7. The maximum atomic E-state index is 8.58. The van der Waals surface area contributed by atoms with Crippen LogP contribution in [0.3, 0.4) is 0 Å². The molecule has 0 saturated heterocycles. The van der Waals surface area contributed by atoms with Gasteiger partial charge in [0.25, 0.3) is 0 Å². The average Bonchev–Trinajstić information content (AvgIpc) is 3.67. The number of hydrogen-bond acceptors (Lipinski definition) is 1. The van der Waals surface area contributed by atoms with Gasteiger partial charge < -0.3 is 9.13 Å². The molecule has 5 heteroatoms. The van der Waals surface area contributed by atoms with E-state index in [1.54, 1.807) is 6.20 Å². The molecule has 3 aromatic heterocycles. The van der Waals surface area contributed by atoms with Crippen LogP contribution in [0.2, 0.25) is 0 Å². The summed E-state index contributed by atoms with van der Waals surface area (Å²) in [6.07, 6.45) is 3.65. The second-order valence-electron chi connectivity index (χ2n) is 11.7. The Morgan fingerprint density at radius 2 is 0.938 bits per heavy atom. The fraction of sp³-hybridized carbons (Fsp3) is 0. The van der Waals surface area contributed by atoms with Crippen molar-refractivity contribution in [2.75, 3.05) is 0 Å². The van der Waals surface area contributed by atoms with Gasteiger partial charge in [0, 0.05) is 50.8 Å². The maximum Gasteiger partial charge on any atom is 0.201 e. The summed E-state index contributed by atoms with van der Waals surface area (Å²) in [5.74, 6) is 0. The van der Waals surface area contributed by atoms with Crippen molar-refractivity contribution in [3.05, 3.63) is 175 Å². The Hall–Kier alpha value is -6.95. The molecule has 0 aliphatic rings. The highest BCUT2D eigenvalue weighted by molar-refractivity contribution is 6.12. The Bertz CT molecular complexity index is 2710. The van der Waals surface area contributed by atoms with E-state index in [0.717, 1.165) is 71.7 Å². The van der Waals surface area contributed by atoms with Crippen molar-refractivity contribution in [3.63, 3.8) is 0 Å². The molecular formula is C43H25N5. The van der Waals surface area contributed by atoms with Crippen LogP contribution in [0, 0.1) is 13.1 Å². The molecule has 3 heterocycles. The highest BCUT2D eigenvalue weighted by atomic mass is 15.0. The molecule has 0 spiro atoms. The van der Waals surface area contributed by atoms with Crippen molar-refractivity contribution in [1.82, 2.24) is 14.1 Å². The molecule has 9 aromatic rings. The van der Waals surface area contributed by atoms with Crippen molar-refractivity contribution < 1.29 is 0 Å². The van der Waals surface area contributed by atoms with E-state index in [1.807, 2.05) is 54.7 Å². The highest BCUT2D eigenvalue weighted by Crippen LogP contribution is 2.48. The van der Waals surface area contributed by atoms with Crippen LogP contribution in [-0.2, 0) is 0 Å². The van der Waals surface area contributed by atoms with Crippen LogP contribution in [0.15, 0.2) is 152 Å². The molecular weight excluding hydrogens is 587 g/mol. The number of fused-ring (bicyclic) bond motifs is 6. The summed E-state index contributed by atoms with van der Waals surface area (Å²) in [6.45, 7) is 16.8. The average molecular weight is 612 g/mol. The van der Waals surface area contributed by atoms with Gasteiger partial charge in [-0.2, -0.15) is 0 Å². The molecule has 0 radical (unpaired) electrons. The Balaban J connectivity index is 1.34. The second kappa shape index (κ2) is 10.8. The normalized spacial score (nSPS) is 11.3. The molecule has 0 atom stereocenters. The summed E-state index contributed by atoms with van der Waals surface area (Å²) in [7, 11) is 0. The van der Waals surface area contributed by atoms with Crippen LogP contribution in [0.5, 0.6) is 0 Å². The van der Waals surface area contributed by atoms with Crippen molar-refractivity contribution in [2.45, 2.75) is 0 Å². The smallest absolute Gasteiger partial charge is 0.201 e. The van der Waals surface area contributed by atoms with Gasteiger partial charge in [-0.15, -0.1) is 0 Å². The molecule has 0 N–H and O–H groups in total. The van der Waals surface area contributed by atoms with E-state index >= 15 is 0 Å². The summed E-state index contributed by atoms with van der Waals surface area (Å²) in [5.41, 5.74) is 10.1. The predicted octanol–water partition coefficient (Wildman–Crippen LogP) is 11.7.